The molecule has 3 rings (SSSR count). The van der Waals surface area contributed by atoms with Crippen LogP contribution in [0.5, 0.6) is 0 Å². The number of nitrogens with one attached hydrogen (secondary N) is 1. The number of hydrogen-bond donors (Lipinski definition) is 1. The lowest BCUT2D eigenvalue weighted by Crippen LogP contribution is -2.33. The molecule has 0 spiro atoms. The van der Waals surface area contributed by atoms with Gasteiger partial charge < -0.3 is 5.32 Å². The summed E-state index contributed by atoms with van der Waals surface area (Å²) in [4.78, 5) is 24.6. The van der Waals surface area contributed by atoms with E-state index in [1.165, 1.54) is 41.0 Å². The van der Waals surface area contributed by atoms with Gasteiger partial charge in [0, 0.05) is 6.54 Å². The van der Waals surface area contributed by atoms with Gasteiger partial charge in [0.25, 0.3) is 0 Å². The molecule has 2 aromatic carbocycles. The SMILES string of the molecule is Cc1nn(-c2ccc(F)cc2)c(=O)n1CC(=O)NCc1ccc(Cl)c(F)c1. The van der Waals surface area contributed by atoms with E-state index in [4.69, 9.17) is 11.6 Å². The van der Waals surface area contributed by atoms with Crippen molar-refractivity contribution >= 4 is 17.5 Å². The Morgan fingerprint density at radius 1 is 1.19 bits per heavy atom. The molecule has 0 bridgehead atoms. The molecule has 0 saturated heterocycles. The molecule has 0 aliphatic heterocycles. The first kappa shape index (κ1) is 18.8. The lowest BCUT2D eigenvalue weighted by molar-refractivity contribution is -0.121. The fourth-order valence-corrected chi connectivity index (χ4v) is 2.59. The third kappa shape index (κ3) is 4.22. The third-order valence-electron chi connectivity index (χ3n) is 3.89. The maximum Gasteiger partial charge on any atom is 0.351 e. The topological polar surface area (TPSA) is 68.9 Å². The van der Waals surface area contributed by atoms with Crippen LogP contribution in [0, 0.1) is 18.6 Å². The van der Waals surface area contributed by atoms with Crippen molar-refractivity contribution in [2.75, 3.05) is 0 Å². The number of benzene rings is 2. The van der Waals surface area contributed by atoms with E-state index in [2.05, 4.69) is 10.4 Å². The molecule has 1 aromatic heterocycles. The van der Waals surface area contributed by atoms with Crippen LogP contribution < -0.4 is 11.0 Å². The molecule has 0 fully saturated rings. The molecule has 0 saturated carbocycles. The highest BCUT2D eigenvalue weighted by atomic mass is 35.5. The summed E-state index contributed by atoms with van der Waals surface area (Å²) in [7, 11) is 0. The number of aromatic nitrogens is 3. The molecule has 0 aliphatic rings. The van der Waals surface area contributed by atoms with Gasteiger partial charge in [-0.2, -0.15) is 9.78 Å². The molecule has 9 heteroatoms. The zero-order chi connectivity index (χ0) is 19.6. The summed E-state index contributed by atoms with van der Waals surface area (Å²) >= 11 is 5.62. The fourth-order valence-electron chi connectivity index (χ4n) is 2.48. The van der Waals surface area contributed by atoms with Gasteiger partial charge in [-0.25, -0.2) is 13.6 Å². The van der Waals surface area contributed by atoms with Crippen molar-refractivity contribution in [1.82, 2.24) is 19.7 Å². The Kier molecular flexibility index (Phi) is 5.36. The van der Waals surface area contributed by atoms with Gasteiger partial charge in [0.1, 0.15) is 24.0 Å². The normalized spacial score (nSPS) is 10.8. The van der Waals surface area contributed by atoms with Gasteiger partial charge >= 0.3 is 5.69 Å². The van der Waals surface area contributed by atoms with Crippen molar-refractivity contribution in [2.45, 2.75) is 20.0 Å². The van der Waals surface area contributed by atoms with E-state index in [1.54, 1.807) is 13.0 Å². The first-order valence-electron chi connectivity index (χ1n) is 7.98. The van der Waals surface area contributed by atoms with E-state index < -0.39 is 23.2 Å². The van der Waals surface area contributed by atoms with Crippen molar-refractivity contribution < 1.29 is 13.6 Å². The number of nitrogens with zero attached hydrogens (tertiary/aromatic N) is 3. The highest BCUT2D eigenvalue weighted by Gasteiger charge is 2.14. The predicted octanol–water partition coefficient (Wildman–Crippen LogP) is 2.59. The quantitative estimate of drug-likeness (QED) is 0.725. The van der Waals surface area contributed by atoms with Crippen LogP contribution in [0.3, 0.4) is 0 Å². The minimum absolute atomic E-state index is 0.000427. The number of aryl methyl sites for hydroxylation is 1. The Balaban J connectivity index is 1.71. The summed E-state index contributed by atoms with van der Waals surface area (Å²) in [6.07, 6.45) is 0. The first-order valence-corrected chi connectivity index (χ1v) is 8.36. The maximum absolute atomic E-state index is 13.4. The highest BCUT2D eigenvalue weighted by molar-refractivity contribution is 6.30. The van der Waals surface area contributed by atoms with Crippen LogP contribution in [0.2, 0.25) is 5.02 Å². The molecule has 27 heavy (non-hydrogen) atoms. The molecule has 0 atom stereocenters. The summed E-state index contributed by atoms with van der Waals surface area (Å²) in [5.41, 5.74) is 0.406. The van der Waals surface area contributed by atoms with E-state index in [0.717, 1.165) is 4.68 Å². The lowest BCUT2D eigenvalue weighted by Gasteiger charge is -2.07. The molecule has 1 amide bonds. The van der Waals surface area contributed by atoms with Crippen molar-refractivity contribution in [3.05, 3.63) is 81.0 Å². The number of carbonyl (C=O) groups is 1. The number of halogens is 3. The summed E-state index contributed by atoms with van der Waals surface area (Å²) in [6, 6.07) is 9.50. The van der Waals surface area contributed by atoms with Crippen LogP contribution in [-0.4, -0.2) is 20.3 Å². The van der Waals surface area contributed by atoms with Gasteiger partial charge in [-0.1, -0.05) is 17.7 Å². The number of hydrogen-bond acceptors (Lipinski definition) is 3. The largest absolute Gasteiger partial charge is 0.351 e. The average Bonchev–Trinajstić information content (AvgIpc) is 2.91. The van der Waals surface area contributed by atoms with Crippen LogP contribution in [0.25, 0.3) is 5.69 Å². The third-order valence-corrected chi connectivity index (χ3v) is 4.20. The second-order valence-electron chi connectivity index (χ2n) is 5.83. The Bertz CT molecular complexity index is 1040. The first-order chi connectivity index (χ1) is 12.8. The van der Waals surface area contributed by atoms with Gasteiger partial charge in [0.15, 0.2) is 0 Å². The summed E-state index contributed by atoms with van der Waals surface area (Å²) in [5.74, 6) is -1.11. The summed E-state index contributed by atoms with van der Waals surface area (Å²) in [6.45, 7) is 1.43. The molecule has 140 valence electrons. The van der Waals surface area contributed by atoms with Crippen molar-refractivity contribution in [2.24, 2.45) is 0 Å². The standard InChI is InChI=1S/C18H15ClF2N4O2/c1-11-23-25(14-5-3-13(20)4-6-14)18(27)24(11)10-17(26)22-9-12-2-7-15(19)16(21)8-12/h2-8H,9-10H2,1H3,(H,22,26). The Morgan fingerprint density at radius 2 is 1.89 bits per heavy atom. The van der Waals surface area contributed by atoms with Crippen molar-refractivity contribution in [1.29, 1.82) is 0 Å². The van der Waals surface area contributed by atoms with Crippen LogP contribution in [-0.2, 0) is 17.9 Å². The van der Waals surface area contributed by atoms with Gasteiger partial charge in [-0.3, -0.25) is 9.36 Å². The van der Waals surface area contributed by atoms with Gasteiger partial charge in [0.2, 0.25) is 5.91 Å². The molecule has 0 unspecified atom stereocenters. The lowest BCUT2D eigenvalue weighted by atomic mass is 10.2. The minimum atomic E-state index is -0.573. The molecule has 0 radical (unpaired) electrons. The Morgan fingerprint density at radius 3 is 2.56 bits per heavy atom. The van der Waals surface area contributed by atoms with Crippen LogP contribution in [0.4, 0.5) is 8.78 Å². The highest BCUT2D eigenvalue weighted by Crippen LogP contribution is 2.15. The Hall–Kier alpha value is -3.00. The number of carbonyl (C=O) groups excluding carboxylic acids is 1. The second kappa shape index (κ2) is 7.71. The average molecular weight is 393 g/mol. The van der Waals surface area contributed by atoms with E-state index in [9.17, 15) is 18.4 Å². The van der Waals surface area contributed by atoms with Crippen LogP contribution in [0.15, 0.2) is 47.3 Å². The predicted molar refractivity (Wildman–Crippen MR) is 95.8 cm³/mol. The zero-order valence-electron chi connectivity index (χ0n) is 14.2. The minimum Gasteiger partial charge on any atom is -0.350 e. The van der Waals surface area contributed by atoms with E-state index in [1.807, 2.05) is 0 Å². The zero-order valence-corrected chi connectivity index (χ0v) is 15.0. The molecule has 1 N–H and O–H groups in total. The summed E-state index contributed by atoms with van der Waals surface area (Å²) in [5, 5.41) is 6.71. The molecular weight excluding hydrogens is 378 g/mol. The van der Waals surface area contributed by atoms with Crippen molar-refractivity contribution in [3.63, 3.8) is 0 Å². The monoisotopic (exact) mass is 392 g/mol. The van der Waals surface area contributed by atoms with E-state index in [0.29, 0.717) is 17.1 Å². The molecule has 1 heterocycles. The second-order valence-corrected chi connectivity index (χ2v) is 6.24. The fraction of sp³-hybridized carbons (Fsp3) is 0.167. The molecule has 0 aliphatic carbocycles. The summed E-state index contributed by atoms with van der Waals surface area (Å²) < 4.78 is 28.7. The molecular formula is C18H15ClF2N4O2. The maximum atomic E-state index is 13.4. The van der Waals surface area contributed by atoms with Crippen LogP contribution in [0.1, 0.15) is 11.4 Å². The van der Waals surface area contributed by atoms with E-state index >= 15 is 0 Å². The van der Waals surface area contributed by atoms with Crippen molar-refractivity contribution in [3.8, 4) is 5.69 Å². The van der Waals surface area contributed by atoms with E-state index in [-0.39, 0.29) is 18.1 Å². The Labute approximate surface area is 158 Å². The van der Waals surface area contributed by atoms with Gasteiger partial charge in [-0.15, -0.1) is 0 Å². The number of rotatable bonds is 5. The van der Waals surface area contributed by atoms with Gasteiger partial charge in [0.05, 0.1) is 10.7 Å². The molecule has 6 nitrogen and oxygen atoms in total. The van der Waals surface area contributed by atoms with Gasteiger partial charge in [-0.05, 0) is 48.9 Å². The molecule has 3 aromatic rings. The smallest absolute Gasteiger partial charge is 0.350 e. The van der Waals surface area contributed by atoms with Crippen LogP contribution >= 0.6 is 11.6 Å². The number of amides is 1.